The molecule has 1 saturated heterocycles. The zero-order valence-corrected chi connectivity index (χ0v) is 20.5. The number of amides is 1. The first kappa shape index (κ1) is 25.0. The molecule has 0 aliphatic carbocycles. The van der Waals surface area contributed by atoms with Gasteiger partial charge in [0.05, 0.1) is 22.0 Å². The Labute approximate surface area is 192 Å². The molecule has 1 fully saturated rings. The number of nitrogens with one attached hydrogen (secondary N) is 2. The van der Waals surface area contributed by atoms with Gasteiger partial charge in [-0.3, -0.25) is 4.79 Å². The van der Waals surface area contributed by atoms with Gasteiger partial charge in [-0.05, 0) is 47.3 Å². The Hall–Kier alpha value is -2.24. The predicted octanol–water partition coefficient (Wildman–Crippen LogP) is 3.25. The topological polar surface area (TPSA) is 130 Å². The van der Waals surface area contributed by atoms with Crippen molar-refractivity contribution in [2.75, 3.05) is 30.0 Å². The van der Waals surface area contributed by atoms with E-state index in [1.165, 1.54) is 10.6 Å². The van der Waals surface area contributed by atoms with Gasteiger partial charge in [0, 0.05) is 25.3 Å². The van der Waals surface area contributed by atoms with Crippen LogP contribution in [0.4, 0.5) is 17.5 Å². The molecule has 1 aliphatic rings. The first-order valence-corrected chi connectivity index (χ1v) is 12.7. The number of carbonyl (C=O) groups excluding carboxylic acids is 1. The van der Waals surface area contributed by atoms with Crippen LogP contribution in [0.1, 0.15) is 42.6 Å². The van der Waals surface area contributed by atoms with Crippen LogP contribution in [0, 0.1) is 6.92 Å². The van der Waals surface area contributed by atoms with E-state index in [1.54, 1.807) is 12.3 Å². The van der Waals surface area contributed by atoms with Crippen LogP contribution in [0.3, 0.4) is 0 Å². The molecular weight excluding hydrogens is 484 g/mol. The monoisotopic (exact) mass is 512 g/mol. The fraction of sp³-hybridized carbons (Fsp3) is 0.450. The maximum absolute atomic E-state index is 11.8. The minimum atomic E-state index is -3.16. The fourth-order valence-corrected chi connectivity index (χ4v) is 4.43. The van der Waals surface area contributed by atoms with Crippen molar-refractivity contribution < 1.29 is 13.2 Å². The molecule has 1 aliphatic heterocycles. The third-order valence-electron chi connectivity index (χ3n) is 4.77. The maximum Gasteiger partial charge on any atom is 0.251 e. The molecule has 0 radical (unpaired) electrons. The van der Waals surface area contributed by atoms with Gasteiger partial charge in [0.1, 0.15) is 5.82 Å². The summed E-state index contributed by atoms with van der Waals surface area (Å²) in [6, 6.07) is 5.47. The number of aryl methyl sites for hydroxylation is 1. The number of nitrogens with two attached hydrogens (primary N) is 1. The van der Waals surface area contributed by atoms with Crippen molar-refractivity contribution in [3.05, 3.63) is 40.0 Å². The molecule has 0 atom stereocenters. The van der Waals surface area contributed by atoms with Gasteiger partial charge in [0.15, 0.2) is 0 Å². The quantitative estimate of drug-likeness (QED) is 0.541. The molecule has 3 rings (SSSR count). The lowest BCUT2D eigenvalue weighted by molar-refractivity contribution is 0.100. The van der Waals surface area contributed by atoms with Crippen molar-refractivity contribution >= 4 is 49.3 Å². The van der Waals surface area contributed by atoms with Crippen molar-refractivity contribution in [2.45, 2.75) is 39.7 Å². The number of nitrogens with zero attached hydrogens (tertiary/aromatic N) is 3. The summed E-state index contributed by atoms with van der Waals surface area (Å²) in [5.74, 6) is 0.387. The molecule has 31 heavy (non-hydrogen) atoms. The van der Waals surface area contributed by atoms with Gasteiger partial charge in [-0.25, -0.2) is 17.7 Å². The van der Waals surface area contributed by atoms with Gasteiger partial charge in [0.2, 0.25) is 16.0 Å². The summed E-state index contributed by atoms with van der Waals surface area (Å²) >= 11 is 3.42. The number of benzene rings is 1. The molecule has 4 N–H and O–H groups in total. The Morgan fingerprint density at radius 3 is 2.48 bits per heavy atom. The van der Waals surface area contributed by atoms with E-state index >= 15 is 0 Å². The minimum Gasteiger partial charge on any atom is -0.366 e. The average molecular weight is 513 g/mol. The Balaban J connectivity index is 0.00000166. The molecular formula is C20H29BrN6O3S. The van der Waals surface area contributed by atoms with E-state index in [4.69, 9.17) is 5.73 Å². The highest BCUT2D eigenvalue weighted by Crippen LogP contribution is 2.28. The summed E-state index contributed by atoms with van der Waals surface area (Å²) in [5, 5.41) is 6.40. The number of primary amides is 1. The van der Waals surface area contributed by atoms with Crippen molar-refractivity contribution in [2.24, 2.45) is 5.73 Å². The van der Waals surface area contributed by atoms with Gasteiger partial charge in [-0.1, -0.05) is 26.0 Å². The second-order valence-corrected chi connectivity index (χ2v) is 9.79. The summed E-state index contributed by atoms with van der Waals surface area (Å²) in [6.07, 6.45) is 4.17. The Kier molecular flexibility index (Phi) is 8.78. The van der Waals surface area contributed by atoms with Gasteiger partial charge >= 0.3 is 0 Å². The highest BCUT2D eigenvalue weighted by Gasteiger charge is 2.25. The fourth-order valence-electron chi connectivity index (χ4n) is 3.27. The lowest BCUT2D eigenvalue weighted by atomic mass is 10.1. The number of piperidine rings is 1. The van der Waals surface area contributed by atoms with Crippen LogP contribution >= 0.6 is 15.9 Å². The summed E-state index contributed by atoms with van der Waals surface area (Å²) in [6.45, 7) is 6.74. The van der Waals surface area contributed by atoms with Gasteiger partial charge in [-0.15, -0.1) is 0 Å². The molecule has 11 heteroatoms. The van der Waals surface area contributed by atoms with E-state index in [1.807, 2.05) is 32.9 Å². The van der Waals surface area contributed by atoms with E-state index in [0.717, 1.165) is 5.56 Å². The normalized spacial score (nSPS) is 15.0. The minimum absolute atomic E-state index is 0.0715. The van der Waals surface area contributed by atoms with Crippen LogP contribution in [0.5, 0.6) is 0 Å². The van der Waals surface area contributed by atoms with Crippen LogP contribution in [0.15, 0.2) is 28.9 Å². The van der Waals surface area contributed by atoms with Crippen LogP contribution in [0.2, 0.25) is 0 Å². The van der Waals surface area contributed by atoms with E-state index < -0.39 is 15.9 Å². The van der Waals surface area contributed by atoms with Gasteiger partial charge in [-0.2, -0.15) is 4.98 Å². The summed E-state index contributed by atoms with van der Waals surface area (Å²) in [7, 11) is -3.16. The van der Waals surface area contributed by atoms with Crippen molar-refractivity contribution in [3.63, 3.8) is 0 Å². The molecule has 1 aromatic carbocycles. The first-order chi connectivity index (χ1) is 14.6. The number of sulfonamides is 1. The maximum atomic E-state index is 11.8. The number of aromatic nitrogens is 2. The molecule has 9 nitrogen and oxygen atoms in total. The van der Waals surface area contributed by atoms with E-state index in [2.05, 4.69) is 36.5 Å². The summed E-state index contributed by atoms with van der Waals surface area (Å²) in [5.41, 5.74) is 7.25. The summed E-state index contributed by atoms with van der Waals surface area (Å²) < 4.78 is 25.4. The van der Waals surface area contributed by atoms with E-state index in [-0.39, 0.29) is 6.04 Å². The molecule has 2 heterocycles. The van der Waals surface area contributed by atoms with Gasteiger partial charge < -0.3 is 16.4 Å². The van der Waals surface area contributed by atoms with Crippen molar-refractivity contribution in [1.29, 1.82) is 0 Å². The number of carbonyl (C=O) groups is 1. The van der Waals surface area contributed by atoms with Crippen molar-refractivity contribution in [3.8, 4) is 0 Å². The molecule has 170 valence electrons. The molecule has 0 bridgehead atoms. The lowest BCUT2D eigenvalue weighted by Crippen LogP contribution is -2.42. The second kappa shape index (κ2) is 10.9. The number of anilines is 3. The highest BCUT2D eigenvalue weighted by molar-refractivity contribution is 9.10. The van der Waals surface area contributed by atoms with Crippen LogP contribution in [0.25, 0.3) is 0 Å². The van der Waals surface area contributed by atoms with Crippen LogP contribution < -0.4 is 16.4 Å². The van der Waals surface area contributed by atoms with E-state index in [9.17, 15) is 13.2 Å². The average Bonchev–Trinajstić information content (AvgIpc) is 2.71. The number of hydrogen-bond donors (Lipinski definition) is 3. The third-order valence-corrected chi connectivity index (χ3v) is 6.66. The van der Waals surface area contributed by atoms with E-state index in [0.29, 0.717) is 53.4 Å². The Bertz CT molecular complexity index is 1020. The number of hydrogen-bond acceptors (Lipinski definition) is 7. The largest absolute Gasteiger partial charge is 0.366 e. The van der Waals surface area contributed by atoms with Crippen molar-refractivity contribution in [1.82, 2.24) is 14.3 Å². The van der Waals surface area contributed by atoms with Gasteiger partial charge in [0.25, 0.3) is 5.91 Å². The van der Waals surface area contributed by atoms with Crippen LogP contribution in [-0.2, 0) is 10.0 Å². The molecule has 0 unspecified atom stereocenters. The molecule has 2 aromatic rings. The summed E-state index contributed by atoms with van der Waals surface area (Å²) in [4.78, 5) is 20.6. The SMILES string of the molecule is CC.Cc1cccc(Nc2nc(NC3CCN(S(C)(=O)=O)CC3)ncc2Br)c1C(N)=O. The molecule has 0 spiro atoms. The highest BCUT2D eigenvalue weighted by atomic mass is 79.9. The van der Waals surface area contributed by atoms with Crippen LogP contribution in [-0.4, -0.2) is 54.0 Å². The zero-order valence-electron chi connectivity index (χ0n) is 18.1. The lowest BCUT2D eigenvalue weighted by Gasteiger charge is -2.30. The smallest absolute Gasteiger partial charge is 0.251 e. The zero-order chi connectivity index (χ0) is 23.2. The Morgan fingerprint density at radius 2 is 1.90 bits per heavy atom. The Morgan fingerprint density at radius 1 is 1.26 bits per heavy atom. The third kappa shape index (κ3) is 6.62. The first-order valence-electron chi connectivity index (χ1n) is 10.1. The predicted molar refractivity (Wildman–Crippen MR) is 127 cm³/mol. The standard InChI is InChI=1S/C18H23BrN6O3S.C2H6/c1-11-4-3-5-14(15(11)16(20)26)23-17-13(19)10-21-18(24-17)22-12-6-8-25(9-7-12)29(2,27)28;1-2/h3-5,10,12H,6-9H2,1-2H3,(H2,20,26)(H2,21,22,23,24);1-2H3. The number of halogens is 1. The molecule has 1 amide bonds. The second-order valence-electron chi connectivity index (χ2n) is 6.96. The number of rotatable bonds is 6. The molecule has 0 saturated carbocycles. The molecule has 1 aromatic heterocycles.